The molecule has 2 N–H and O–H groups in total. The van der Waals surface area contributed by atoms with E-state index >= 15 is 0 Å². The summed E-state index contributed by atoms with van der Waals surface area (Å²) >= 11 is 0. The minimum Gasteiger partial charge on any atom is -0.383 e. The van der Waals surface area contributed by atoms with Crippen molar-refractivity contribution in [3.63, 3.8) is 0 Å². The summed E-state index contributed by atoms with van der Waals surface area (Å²) in [5, 5.41) is 0. The van der Waals surface area contributed by atoms with Crippen molar-refractivity contribution in [3.05, 3.63) is 34.9 Å². The van der Waals surface area contributed by atoms with Crippen LogP contribution in [0.25, 0.3) is 0 Å². The number of methoxy groups -OCH3 is 1. The number of nitrogens with zero attached hydrogens (tertiary/aromatic N) is 1. The minimum atomic E-state index is 0.218. The van der Waals surface area contributed by atoms with Gasteiger partial charge in [-0.25, -0.2) is 0 Å². The van der Waals surface area contributed by atoms with E-state index in [0.717, 1.165) is 26.1 Å². The highest BCUT2D eigenvalue weighted by atomic mass is 16.5. The van der Waals surface area contributed by atoms with Crippen LogP contribution in [-0.4, -0.2) is 37.7 Å². The SMILES string of the molecule is COCCN1CCCCC(N)C1c1cc(C)cc(C)c1. The first-order chi connectivity index (χ1) is 9.61. The molecule has 1 aromatic carbocycles. The van der Waals surface area contributed by atoms with E-state index in [-0.39, 0.29) is 6.04 Å². The Morgan fingerprint density at radius 1 is 1.20 bits per heavy atom. The Morgan fingerprint density at radius 2 is 1.90 bits per heavy atom. The zero-order chi connectivity index (χ0) is 14.5. The summed E-state index contributed by atoms with van der Waals surface area (Å²) in [6.07, 6.45) is 3.58. The zero-order valence-corrected chi connectivity index (χ0v) is 13.1. The first-order valence-corrected chi connectivity index (χ1v) is 7.68. The van der Waals surface area contributed by atoms with Crippen molar-refractivity contribution in [1.82, 2.24) is 4.90 Å². The summed E-state index contributed by atoms with van der Waals surface area (Å²) in [6.45, 7) is 7.18. The van der Waals surface area contributed by atoms with Gasteiger partial charge in [-0.1, -0.05) is 35.7 Å². The molecule has 1 fully saturated rings. The zero-order valence-electron chi connectivity index (χ0n) is 13.1. The van der Waals surface area contributed by atoms with Gasteiger partial charge >= 0.3 is 0 Å². The van der Waals surface area contributed by atoms with E-state index in [2.05, 4.69) is 36.9 Å². The van der Waals surface area contributed by atoms with Gasteiger partial charge in [0.2, 0.25) is 0 Å². The van der Waals surface area contributed by atoms with Gasteiger partial charge < -0.3 is 10.5 Å². The lowest BCUT2D eigenvalue weighted by Gasteiger charge is -2.34. The van der Waals surface area contributed by atoms with Crippen LogP contribution in [0.1, 0.15) is 42.0 Å². The maximum absolute atomic E-state index is 6.49. The molecule has 0 saturated carbocycles. The molecule has 3 heteroatoms. The highest BCUT2D eigenvalue weighted by molar-refractivity contribution is 5.31. The van der Waals surface area contributed by atoms with Crippen LogP contribution in [-0.2, 0) is 4.74 Å². The fourth-order valence-corrected chi connectivity index (χ4v) is 3.36. The quantitative estimate of drug-likeness (QED) is 0.919. The van der Waals surface area contributed by atoms with Crippen LogP contribution < -0.4 is 5.73 Å². The van der Waals surface area contributed by atoms with Crippen LogP contribution in [0.2, 0.25) is 0 Å². The Labute approximate surface area is 123 Å². The molecule has 2 atom stereocenters. The van der Waals surface area contributed by atoms with Crippen LogP contribution in [0.3, 0.4) is 0 Å². The number of nitrogens with two attached hydrogens (primary N) is 1. The van der Waals surface area contributed by atoms with Crippen molar-refractivity contribution < 1.29 is 4.74 Å². The molecule has 1 aromatic rings. The molecule has 0 aliphatic carbocycles. The molecule has 2 rings (SSSR count). The van der Waals surface area contributed by atoms with Gasteiger partial charge in [0, 0.05) is 25.7 Å². The van der Waals surface area contributed by atoms with Crippen LogP contribution in [0.4, 0.5) is 0 Å². The van der Waals surface area contributed by atoms with E-state index < -0.39 is 0 Å². The normalized spacial score (nSPS) is 24.6. The molecule has 1 heterocycles. The van der Waals surface area contributed by atoms with E-state index in [1.54, 1.807) is 7.11 Å². The number of ether oxygens (including phenoxy) is 1. The van der Waals surface area contributed by atoms with Gasteiger partial charge in [0.05, 0.1) is 6.61 Å². The highest BCUT2D eigenvalue weighted by Crippen LogP contribution is 2.30. The van der Waals surface area contributed by atoms with Gasteiger partial charge in [-0.2, -0.15) is 0 Å². The summed E-state index contributed by atoms with van der Waals surface area (Å²) in [4.78, 5) is 2.51. The minimum absolute atomic E-state index is 0.218. The first kappa shape index (κ1) is 15.5. The molecule has 0 bridgehead atoms. The lowest BCUT2D eigenvalue weighted by Crippen LogP contribution is -2.41. The molecule has 0 amide bonds. The average Bonchev–Trinajstić information content (AvgIpc) is 2.56. The number of rotatable bonds is 4. The number of hydrogen-bond acceptors (Lipinski definition) is 3. The van der Waals surface area contributed by atoms with Crippen LogP contribution in [0.5, 0.6) is 0 Å². The third-order valence-corrected chi connectivity index (χ3v) is 4.20. The Kier molecular flexibility index (Phi) is 5.58. The van der Waals surface area contributed by atoms with Gasteiger partial charge in [-0.05, 0) is 38.8 Å². The molecule has 0 spiro atoms. The molecule has 3 nitrogen and oxygen atoms in total. The second-order valence-electron chi connectivity index (χ2n) is 6.05. The molecule has 1 aliphatic heterocycles. The van der Waals surface area contributed by atoms with Gasteiger partial charge in [-0.3, -0.25) is 4.90 Å². The van der Waals surface area contributed by atoms with Crippen molar-refractivity contribution >= 4 is 0 Å². The summed E-state index contributed by atoms with van der Waals surface area (Å²) in [5.41, 5.74) is 10.5. The number of likely N-dealkylation sites (tertiary alicyclic amines) is 1. The molecule has 0 radical (unpaired) electrons. The lowest BCUT2D eigenvalue weighted by atomic mass is 9.93. The average molecular weight is 276 g/mol. The predicted octanol–water partition coefficient (Wildman–Crippen LogP) is 2.80. The van der Waals surface area contributed by atoms with Crippen molar-refractivity contribution in [3.8, 4) is 0 Å². The summed E-state index contributed by atoms with van der Waals surface area (Å²) < 4.78 is 5.27. The third-order valence-electron chi connectivity index (χ3n) is 4.20. The van der Waals surface area contributed by atoms with E-state index in [9.17, 15) is 0 Å². The van der Waals surface area contributed by atoms with Crippen molar-refractivity contribution in [2.45, 2.75) is 45.2 Å². The maximum atomic E-state index is 6.49. The maximum Gasteiger partial charge on any atom is 0.0589 e. The Hall–Kier alpha value is -0.900. The summed E-state index contributed by atoms with van der Waals surface area (Å²) in [5.74, 6) is 0. The van der Waals surface area contributed by atoms with Gasteiger partial charge in [0.25, 0.3) is 0 Å². The molecular weight excluding hydrogens is 248 g/mol. The monoisotopic (exact) mass is 276 g/mol. The van der Waals surface area contributed by atoms with Crippen molar-refractivity contribution in [2.75, 3.05) is 26.8 Å². The van der Waals surface area contributed by atoms with Crippen molar-refractivity contribution in [1.29, 1.82) is 0 Å². The second kappa shape index (κ2) is 7.21. The fourth-order valence-electron chi connectivity index (χ4n) is 3.36. The third kappa shape index (κ3) is 3.81. The highest BCUT2D eigenvalue weighted by Gasteiger charge is 2.28. The van der Waals surface area contributed by atoms with Gasteiger partial charge in [0.15, 0.2) is 0 Å². The lowest BCUT2D eigenvalue weighted by molar-refractivity contribution is 0.115. The summed E-state index contributed by atoms with van der Waals surface area (Å²) in [7, 11) is 1.77. The molecular formula is C17H28N2O. The van der Waals surface area contributed by atoms with E-state index in [1.807, 2.05) is 0 Å². The van der Waals surface area contributed by atoms with Crippen LogP contribution in [0.15, 0.2) is 18.2 Å². The first-order valence-electron chi connectivity index (χ1n) is 7.68. The molecule has 20 heavy (non-hydrogen) atoms. The van der Waals surface area contributed by atoms with E-state index in [0.29, 0.717) is 6.04 Å². The van der Waals surface area contributed by atoms with Gasteiger partial charge in [0.1, 0.15) is 0 Å². The molecule has 0 aromatic heterocycles. The van der Waals surface area contributed by atoms with Crippen LogP contribution >= 0.6 is 0 Å². The molecule has 1 aliphatic rings. The Balaban J connectivity index is 2.29. The van der Waals surface area contributed by atoms with Crippen LogP contribution in [0, 0.1) is 13.8 Å². The van der Waals surface area contributed by atoms with E-state index in [4.69, 9.17) is 10.5 Å². The second-order valence-corrected chi connectivity index (χ2v) is 6.05. The van der Waals surface area contributed by atoms with E-state index in [1.165, 1.54) is 29.5 Å². The molecule has 112 valence electrons. The Bertz CT molecular complexity index is 413. The summed E-state index contributed by atoms with van der Waals surface area (Å²) in [6, 6.07) is 7.36. The topological polar surface area (TPSA) is 38.5 Å². The number of aryl methyl sites for hydroxylation is 2. The largest absolute Gasteiger partial charge is 0.383 e. The predicted molar refractivity (Wildman–Crippen MR) is 83.9 cm³/mol. The number of benzene rings is 1. The van der Waals surface area contributed by atoms with Gasteiger partial charge in [-0.15, -0.1) is 0 Å². The standard InChI is InChI=1S/C17H28N2O/c1-13-10-14(2)12-15(11-13)17-16(18)6-4-5-7-19(17)8-9-20-3/h10-12,16-17H,4-9,18H2,1-3H3. The Morgan fingerprint density at radius 3 is 2.55 bits per heavy atom. The number of hydrogen-bond donors (Lipinski definition) is 1. The fraction of sp³-hybridized carbons (Fsp3) is 0.647. The van der Waals surface area contributed by atoms with Crippen molar-refractivity contribution in [2.24, 2.45) is 5.73 Å². The smallest absolute Gasteiger partial charge is 0.0589 e. The molecule has 2 unspecified atom stereocenters. The molecule has 1 saturated heterocycles.